The number of nitriles is 1. The maximum absolute atomic E-state index is 13.4. The molecule has 2 unspecified atom stereocenters. The van der Waals surface area contributed by atoms with Gasteiger partial charge in [-0.1, -0.05) is 11.6 Å². The van der Waals surface area contributed by atoms with Crippen molar-refractivity contribution in [1.82, 2.24) is 20.0 Å². The van der Waals surface area contributed by atoms with E-state index in [1.165, 1.54) is 0 Å². The lowest BCUT2D eigenvalue weighted by molar-refractivity contribution is -0.136. The fraction of sp³-hybridized carbons (Fsp3) is 0.429. The second kappa shape index (κ2) is 13.5. The first kappa shape index (κ1) is 35.5. The van der Waals surface area contributed by atoms with Crippen LogP contribution in [0.1, 0.15) is 86.8 Å². The topological polar surface area (TPSA) is 137 Å². The first-order chi connectivity index (χ1) is 26.5. The smallest absolute Gasteiger partial charge is 0.262 e. The van der Waals surface area contributed by atoms with E-state index in [0.29, 0.717) is 65.4 Å². The zero-order valence-corrected chi connectivity index (χ0v) is 31.5. The average Bonchev–Trinajstić information content (AvgIpc) is 3.79. The fourth-order valence-corrected chi connectivity index (χ4v) is 10.0. The summed E-state index contributed by atoms with van der Waals surface area (Å²) in [6, 6.07) is 18.9. The number of likely N-dealkylation sites (tertiary alicyclic amines) is 1. The molecule has 4 fully saturated rings. The minimum Gasteiger partial charge on any atom is -0.371 e. The van der Waals surface area contributed by atoms with Gasteiger partial charge in [0.25, 0.3) is 17.7 Å². The number of piperidine rings is 2. The van der Waals surface area contributed by atoms with Crippen molar-refractivity contribution in [3.63, 3.8) is 0 Å². The van der Waals surface area contributed by atoms with Crippen LogP contribution < -0.4 is 15.1 Å². The molecule has 55 heavy (non-hydrogen) atoms. The van der Waals surface area contributed by atoms with E-state index in [1.54, 1.807) is 12.1 Å². The number of carbonyl (C=O) groups is 5. The molecule has 0 aromatic heterocycles. The molecule has 13 heteroatoms. The summed E-state index contributed by atoms with van der Waals surface area (Å²) in [6.45, 7) is 8.65. The van der Waals surface area contributed by atoms with Crippen molar-refractivity contribution in [2.75, 3.05) is 49.1 Å². The summed E-state index contributed by atoms with van der Waals surface area (Å²) in [5.41, 5.74) is 6.28. The van der Waals surface area contributed by atoms with Crippen molar-refractivity contribution in [3.8, 4) is 6.07 Å². The van der Waals surface area contributed by atoms with Gasteiger partial charge in [-0.25, -0.2) is 0 Å². The normalized spacial score (nSPS) is 23.6. The van der Waals surface area contributed by atoms with E-state index >= 15 is 0 Å². The van der Waals surface area contributed by atoms with Crippen LogP contribution in [0.5, 0.6) is 0 Å². The molecule has 6 aliphatic heterocycles. The summed E-state index contributed by atoms with van der Waals surface area (Å²) in [6.07, 6.45) is 3.54. The van der Waals surface area contributed by atoms with Crippen molar-refractivity contribution in [2.45, 2.75) is 64.2 Å². The van der Waals surface area contributed by atoms with Crippen LogP contribution in [0.25, 0.3) is 0 Å². The SMILES string of the molecule is CC1CC2(CCN(c3ccc(C(=O)N4CC(CN5Cc6cc7c(cc6C5)C(=O)N(C5CCC(=O)NC5=O)C7=O)C4)cc3)CC2)CN1c1ccc(C#N)c(Cl)c1. The Morgan fingerprint density at radius 2 is 1.58 bits per heavy atom. The second-order valence-corrected chi connectivity index (χ2v) is 16.8. The van der Waals surface area contributed by atoms with E-state index in [2.05, 4.69) is 45.1 Å². The Balaban J connectivity index is 0.750. The molecule has 3 aromatic rings. The molecular weight excluding hydrogens is 718 g/mol. The van der Waals surface area contributed by atoms with Gasteiger partial charge in [0.1, 0.15) is 12.1 Å². The second-order valence-electron chi connectivity index (χ2n) is 16.4. The number of nitrogens with zero attached hydrogens (tertiary/aromatic N) is 6. The third kappa shape index (κ3) is 6.23. The van der Waals surface area contributed by atoms with Crippen LogP contribution >= 0.6 is 11.6 Å². The van der Waals surface area contributed by atoms with Crippen LogP contribution in [-0.4, -0.2) is 95.6 Å². The minimum atomic E-state index is -0.973. The highest BCUT2D eigenvalue weighted by molar-refractivity contribution is 6.32. The molecule has 6 heterocycles. The quantitative estimate of drug-likeness (QED) is 0.358. The van der Waals surface area contributed by atoms with Gasteiger partial charge in [-0.15, -0.1) is 0 Å². The molecule has 5 amide bonds. The third-order valence-corrected chi connectivity index (χ3v) is 13.1. The molecule has 1 N–H and O–H groups in total. The van der Waals surface area contributed by atoms with Gasteiger partial charge in [-0.3, -0.25) is 39.1 Å². The number of imide groups is 2. The fourth-order valence-electron chi connectivity index (χ4n) is 9.82. The van der Waals surface area contributed by atoms with Gasteiger partial charge < -0.3 is 14.7 Å². The van der Waals surface area contributed by atoms with Crippen molar-refractivity contribution < 1.29 is 24.0 Å². The Morgan fingerprint density at radius 3 is 2.20 bits per heavy atom. The molecule has 0 saturated carbocycles. The van der Waals surface area contributed by atoms with Gasteiger partial charge >= 0.3 is 0 Å². The molecule has 0 aliphatic carbocycles. The van der Waals surface area contributed by atoms with Crippen LogP contribution in [0.15, 0.2) is 54.6 Å². The zero-order valence-electron chi connectivity index (χ0n) is 30.7. The molecule has 282 valence electrons. The van der Waals surface area contributed by atoms with Gasteiger partial charge in [0, 0.05) is 87.7 Å². The molecule has 0 radical (unpaired) electrons. The van der Waals surface area contributed by atoms with Gasteiger partial charge in [0.05, 0.1) is 21.7 Å². The first-order valence-corrected chi connectivity index (χ1v) is 19.6. The van der Waals surface area contributed by atoms with Gasteiger partial charge in [0.15, 0.2) is 0 Å². The number of rotatable bonds is 6. The Bertz CT molecular complexity index is 2140. The van der Waals surface area contributed by atoms with Crippen LogP contribution in [0, 0.1) is 22.7 Å². The Morgan fingerprint density at radius 1 is 0.927 bits per heavy atom. The van der Waals surface area contributed by atoms with Crippen LogP contribution in [0.4, 0.5) is 11.4 Å². The van der Waals surface area contributed by atoms with Crippen molar-refractivity contribution in [1.29, 1.82) is 5.26 Å². The summed E-state index contributed by atoms with van der Waals surface area (Å²) in [4.78, 5) is 74.0. The monoisotopic (exact) mass is 759 g/mol. The predicted molar refractivity (Wildman–Crippen MR) is 205 cm³/mol. The van der Waals surface area contributed by atoms with Crippen molar-refractivity contribution in [2.24, 2.45) is 11.3 Å². The lowest BCUT2D eigenvalue weighted by atomic mass is 9.76. The number of halogens is 1. The van der Waals surface area contributed by atoms with Crippen molar-refractivity contribution in [3.05, 3.63) is 93.0 Å². The number of hydrogen-bond donors (Lipinski definition) is 1. The lowest BCUT2D eigenvalue weighted by Gasteiger charge is -2.41. The summed E-state index contributed by atoms with van der Waals surface area (Å²) < 4.78 is 0. The van der Waals surface area contributed by atoms with E-state index in [0.717, 1.165) is 72.8 Å². The van der Waals surface area contributed by atoms with E-state index in [1.807, 2.05) is 35.2 Å². The highest BCUT2D eigenvalue weighted by Gasteiger charge is 2.46. The summed E-state index contributed by atoms with van der Waals surface area (Å²) in [5, 5.41) is 12.0. The summed E-state index contributed by atoms with van der Waals surface area (Å²) in [7, 11) is 0. The number of anilines is 2. The zero-order chi connectivity index (χ0) is 38.2. The molecule has 12 nitrogen and oxygen atoms in total. The number of hydrogen-bond acceptors (Lipinski definition) is 9. The molecule has 6 aliphatic rings. The number of amides is 5. The van der Waals surface area contributed by atoms with E-state index < -0.39 is 29.7 Å². The molecule has 0 bridgehead atoms. The summed E-state index contributed by atoms with van der Waals surface area (Å²) in [5.74, 6) is -1.60. The lowest BCUT2D eigenvalue weighted by Crippen LogP contribution is -2.54. The van der Waals surface area contributed by atoms with E-state index in [-0.39, 0.29) is 24.2 Å². The van der Waals surface area contributed by atoms with Crippen LogP contribution in [0.3, 0.4) is 0 Å². The Kier molecular flexibility index (Phi) is 8.70. The Labute approximate surface area is 324 Å². The van der Waals surface area contributed by atoms with E-state index in [9.17, 15) is 29.2 Å². The summed E-state index contributed by atoms with van der Waals surface area (Å²) >= 11 is 6.37. The molecule has 4 saturated heterocycles. The number of fused-ring (bicyclic) bond motifs is 2. The largest absolute Gasteiger partial charge is 0.371 e. The molecule has 2 atom stereocenters. The van der Waals surface area contributed by atoms with Crippen molar-refractivity contribution >= 4 is 52.5 Å². The van der Waals surface area contributed by atoms with Crippen LogP contribution in [0.2, 0.25) is 5.02 Å². The molecule has 9 rings (SSSR count). The maximum atomic E-state index is 13.4. The van der Waals surface area contributed by atoms with Gasteiger partial charge in [-0.2, -0.15) is 5.26 Å². The minimum absolute atomic E-state index is 0.0436. The first-order valence-electron chi connectivity index (χ1n) is 19.2. The highest BCUT2D eigenvalue weighted by Crippen LogP contribution is 2.46. The van der Waals surface area contributed by atoms with E-state index in [4.69, 9.17) is 11.6 Å². The number of benzene rings is 3. The van der Waals surface area contributed by atoms with Crippen LogP contribution in [-0.2, 0) is 22.7 Å². The molecule has 1 spiro atoms. The molecule has 3 aromatic carbocycles. The molecular formula is C42H42ClN7O5. The van der Waals surface area contributed by atoms with Gasteiger partial charge in [-0.05, 0) is 104 Å². The predicted octanol–water partition coefficient (Wildman–Crippen LogP) is 4.59. The third-order valence-electron chi connectivity index (χ3n) is 12.8. The Hall–Kier alpha value is -5.25. The number of nitrogens with one attached hydrogen (secondary N) is 1. The maximum Gasteiger partial charge on any atom is 0.262 e. The average molecular weight is 760 g/mol. The highest BCUT2D eigenvalue weighted by atomic mass is 35.5. The number of carbonyl (C=O) groups excluding carboxylic acids is 5. The van der Waals surface area contributed by atoms with Gasteiger partial charge in [0.2, 0.25) is 11.8 Å². The standard InChI is InChI=1S/C42H42ClN7O5/c1-25-17-42(24-49(25)32-7-4-28(18-44)35(43)16-32)10-12-47(13-11-42)31-5-2-27(3-6-31)39(53)48-20-26(21-48)19-46-22-29-14-33-34(15-30(29)23-46)41(55)50(40(33)54)36-8-9-37(51)45-38(36)52/h2-7,14-16,25-26,36H,8-13,17,19-24H2,1H3,(H,45,51,52).